The molecule has 0 fully saturated rings. The van der Waals surface area contributed by atoms with Crippen molar-refractivity contribution in [2.45, 2.75) is 32.9 Å². The highest BCUT2D eigenvalue weighted by atomic mass is 32.2. The molecule has 0 spiro atoms. The van der Waals surface area contributed by atoms with E-state index in [1.807, 2.05) is 19.1 Å². The monoisotopic (exact) mass is 446 g/mol. The van der Waals surface area contributed by atoms with Gasteiger partial charge in [-0.15, -0.1) is 0 Å². The van der Waals surface area contributed by atoms with Gasteiger partial charge in [0.1, 0.15) is 5.82 Å². The highest BCUT2D eigenvalue weighted by molar-refractivity contribution is 7.99. The maximum atomic E-state index is 13.3. The van der Waals surface area contributed by atoms with E-state index in [1.165, 1.54) is 23.3 Å². The first-order chi connectivity index (χ1) is 15.3. The summed E-state index contributed by atoms with van der Waals surface area (Å²) in [6, 6.07) is 10.8. The van der Waals surface area contributed by atoms with E-state index in [9.17, 15) is 14.4 Å². The van der Waals surface area contributed by atoms with Gasteiger partial charge >= 0.3 is 0 Å². The lowest BCUT2D eigenvalue weighted by Crippen LogP contribution is -2.23. The molecule has 3 heterocycles. The van der Waals surface area contributed by atoms with E-state index in [2.05, 4.69) is 15.0 Å². The van der Waals surface area contributed by atoms with Crippen LogP contribution in [0.25, 0.3) is 16.7 Å². The number of pyridine rings is 1. The normalized spacial score (nSPS) is 11.1. The highest BCUT2D eigenvalue weighted by Crippen LogP contribution is 2.24. The molecule has 0 saturated heterocycles. The zero-order valence-electron chi connectivity index (χ0n) is 18.2. The summed E-state index contributed by atoms with van der Waals surface area (Å²) in [5.74, 6) is 0.246. The minimum Gasteiger partial charge on any atom is -0.355 e. The number of hydrogen-bond donors (Lipinski definition) is 1. The Kier molecular flexibility index (Phi) is 5.80. The molecule has 0 atom stereocenters. The number of aromatic amines is 1. The third-order valence-electron chi connectivity index (χ3n) is 5.28. The van der Waals surface area contributed by atoms with Crippen molar-refractivity contribution >= 4 is 34.2 Å². The average molecular weight is 447 g/mol. The summed E-state index contributed by atoms with van der Waals surface area (Å²) in [5, 5.41) is 0.862. The van der Waals surface area contributed by atoms with E-state index >= 15 is 0 Å². The van der Waals surface area contributed by atoms with Gasteiger partial charge in [-0.3, -0.25) is 14.4 Å². The van der Waals surface area contributed by atoms with Crippen LogP contribution in [0.5, 0.6) is 0 Å². The Balaban J connectivity index is 1.76. The van der Waals surface area contributed by atoms with Gasteiger partial charge in [0.25, 0.3) is 5.56 Å². The lowest BCUT2D eigenvalue weighted by Gasteiger charge is -2.12. The van der Waals surface area contributed by atoms with Crippen LogP contribution in [0.3, 0.4) is 0 Å². The van der Waals surface area contributed by atoms with Crippen LogP contribution in [0.1, 0.15) is 44.6 Å². The summed E-state index contributed by atoms with van der Waals surface area (Å²) in [4.78, 5) is 50.2. The minimum absolute atomic E-state index is 0.0503. The number of nitrogens with one attached hydrogen (secondary N) is 1. The first-order valence-corrected chi connectivity index (χ1v) is 11.1. The molecule has 0 aliphatic rings. The molecule has 0 unspecified atom stereocenters. The number of H-pyrrole nitrogens is 1. The predicted octanol–water partition coefficient (Wildman–Crippen LogP) is 4.21. The molecule has 0 amide bonds. The molecule has 1 aromatic carbocycles. The standard InChI is InChI=1S/C24H22N4O3S/c1-13-9-10-25-20(11-13)28-23(31)17-7-5-6-8-18(17)27-24(28)32-12-19(30)22-14(2)21(16(4)29)15(3)26-22/h5-11,26H,12H2,1-4H3. The van der Waals surface area contributed by atoms with Crippen molar-refractivity contribution in [1.82, 2.24) is 19.5 Å². The lowest BCUT2D eigenvalue weighted by atomic mass is 10.1. The average Bonchev–Trinajstić information content (AvgIpc) is 3.06. The zero-order valence-corrected chi connectivity index (χ0v) is 19.0. The van der Waals surface area contributed by atoms with Crippen molar-refractivity contribution in [2.24, 2.45) is 0 Å². The maximum absolute atomic E-state index is 13.3. The fourth-order valence-corrected chi connectivity index (χ4v) is 4.69. The van der Waals surface area contributed by atoms with Crippen LogP contribution in [0.15, 0.2) is 52.5 Å². The summed E-state index contributed by atoms with van der Waals surface area (Å²) >= 11 is 1.17. The number of ketones is 2. The smallest absolute Gasteiger partial charge is 0.267 e. The molecule has 0 aliphatic carbocycles. The summed E-state index contributed by atoms with van der Waals surface area (Å²) in [7, 11) is 0. The zero-order chi connectivity index (χ0) is 23.0. The number of rotatable bonds is 6. The summed E-state index contributed by atoms with van der Waals surface area (Å²) in [5.41, 5.74) is 3.54. The number of thioether (sulfide) groups is 1. The maximum Gasteiger partial charge on any atom is 0.267 e. The molecule has 4 aromatic rings. The molecule has 162 valence electrons. The van der Waals surface area contributed by atoms with Gasteiger partial charge in [-0.1, -0.05) is 23.9 Å². The first kappa shape index (κ1) is 21.7. The first-order valence-electron chi connectivity index (χ1n) is 10.1. The summed E-state index contributed by atoms with van der Waals surface area (Å²) in [6.07, 6.45) is 1.64. The van der Waals surface area contributed by atoms with Crippen molar-refractivity contribution < 1.29 is 9.59 Å². The van der Waals surface area contributed by atoms with Crippen LogP contribution in [-0.4, -0.2) is 36.8 Å². The molecule has 0 radical (unpaired) electrons. The number of benzene rings is 1. The van der Waals surface area contributed by atoms with Gasteiger partial charge in [0.05, 0.1) is 22.3 Å². The lowest BCUT2D eigenvalue weighted by molar-refractivity contribution is 0.101. The van der Waals surface area contributed by atoms with Crippen molar-refractivity contribution in [3.63, 3.8) is 0 Å². The number of aromatic nitrogens is 4. The molecule has 0 aliphatic heterocycles. The highest BCUT2D eigenvalue weighted by Gasteiger charge is 2.21. The summed E-state index contributed by atoms with van der Waals surface area (Å²) in [6.45, 7) is 6.95. The van der Waals surface area contributed by atoms with E-state index in [0.717, 1.165) is 5.56 Å². The Labute approximate surface area is 188 Å². The Morgan fingerprint density at radius 2 is 1.88 bits per heavy atom. The number of aryl methyl sites for hydroxylation is 2. The van der Waals surface area contributed by atoms with Crippen LogP contribution >= 0.6 is 11.8 Å². The predicted molar refractivity (Wildman–Crippen MR) is 125 cm³/mol. The fraction of sp³-hybridized carbons (Fsp3) is 0.208. The van der Waals surface area contributed by atoms with Gasteiger partial charge in [0.15, 0.2) is 16.7 Å². The van der Waals surface area contributed by atoms with Crippen LogP contribution in [0.2, 0.25) is 0 Å². The van der Waals surface area contributed by atoms with Gasteiger partial charge in [0, 0.05) is 17.5 Å². The van der Waals surface area contributed by atoms with Crippen molar-refractivity contribution in [3.8, 4) is 5.82 Å². The van der Waals surface area contributed by atoms with Crippen LogP contribution in [0, 0.1) is 20.8 Å². The van der Waals surface area contributed by atoms with Crippen LogP contribution in [0.4, 0.5) is 0 Å². The molecule has 0 bridgehead atoms. The van der Waals surface area contributed by atoms with Gasteiger partial charge in [-0.2, -0.15) is 0 Å². The second kappa shape index (κ2) is 8.55. The molecular weight excluding hydrogens is 424 g/mol. The number of Topliss-reactive ketones (excluding diaryl/α,β-unsaturated/α-hetero) is 2. The van der Waals surface area contributed by atoms with Crippen LogP contribution < -0.4 is 5.56 Å². The van der Waals surface area contributed by atoms with E-state index in [4.69, 9.17) is 0 Å². The second-order valence-corrected chi connectivity index (χ2v) is 8.58. The van der Waals surface area contributed by atoms with E-state index in [1.54, 1.807) is 44.3 Å². The van der Waals surface area contributed by atoms with Gasteiger partial charge in [-0.05, 0) is 63.1 Å². The Hall–Kier alpha value is -3.52. The Bertz CT molecular complexity index is 1440. The largest absolute Gasteiger partial charge is 0.355 e. The molecular formula is C24H22N4O3S. The number of fused-ring (bicyclic) bond motifs is 1. The SMILES string of the molecule is CC(=O)c1c(C)[nH]c(C(=O)CSc2nc3ccccc3c(=O)n2-c2cc(C)ccn2)c1C. The van der Waals surface area contributed by atoms with Crippen LogP contribution in [-0.2, 0) is 0 Å². The van der Waals surface area contributed by atoms with Gasteiger partial charge in [0.2, 0.25) is 0 Å². The third-order valence-corrected chi connectivity index (χ3v) is 6.21. The Morgan fingerprint density at radius 1 is 1.12 bits per heavy atom. The number of nitrogens with zero attached hydrogens (tertiary/aromatic N) is 3. The molecule has 0 saturated carbocycles. The molecule has 1 N–H and O–H groups in total. The molecule has 3 aromatic heterocycles. The second-order valence-electron chi connectivity index (χ2n) is 7.64. The van der Waals surface area contributed by atoms with E-state index in [0.29, 0.717) is 44.4 Å². The number of para-hydroxylation sites is 1. The van der Waals surface area contributed by atoms with Crippen molar-refractivity contribution in [3.05, 3.63) is 81.0 Å². The van der Waals surface area contributed by atoms with E-state index < -0.39 is 0 Å². The third kappa shape index (κ3) is 3.89. The number of carbonyl (C=O) groups is 2. The summed E-state index contributed by atoms with van der Waals surface area (Å²) < 4.78 is 1.45. The minimum atomic E-state index is -0.241. The van der Waals surface area contributed by atoms with E-state index in [-0.39, 0.29) is 22.9 Å². The molecule has 32 heavy (non-hydrogen) atoms. The molecule has 7 nitrogen and oxygen atoms in total. The van der Waals surface area contributed by atoms with Gasteiger partial charge in [-0.25, -0.2) is 14.5 Å². The Morgan fingerprint density at radius 3 is 2.56 bits per heavy atom. The molecule has 8 heteroatoms. The van der Waals surface area contributed by atoms with Crippen molar-refractivity contribution in [1.29, 1.82) is 0 Å². The quantitative estimate of drug-likeness (QED) is 0.271. The fourth-order valence-electron chi connectivity index (χ4n) is 3.81. The topological polar surface area (TPSA) is 97.7 Å². The van der Waals surface area contributed by atoms with Crippen molar-refractivity contribution in [2.75, 3.05) is 5.75 Å². The number of hydrogen-bond acceptors (Lipinski definition) is 6. The number of carbonyl (C=O) groups excluding carboxylic acids is 2. The van der Waals surface area contributed by atoms with Gasteiger partial charge < -0.3 is 4.98 Å². The molecule has 4 rings (SSSR count).